The number of cyclic esters (lactones) is 1. The van der Waals surface area contributed by atoms with E-state index in [1.165, 1.54) is 51.4 Å². The fourth-order valence-corrected chi connectivity index (χ4v) is 3.30. The Bertz CT molecular complexity index is 527. The molecule has 0 aromatic carbocycles. The van der Waals surface area contributed by atoms with Crippen LogP contribution in [-0.2, 0) is 19.1 Å². The molecule has 1 heterocycles. The van der Waals surface area contributed by atoms with Crippen LogP contribution in [-0.4, -0.2) is 46.1 Å². The number of carbonyl (C=O) groups is 2. The third-order valence-corrected chi connectivity index (χ3v) is 5.12. The molecule has 0 saturated carbocycles. The smallest absolute Gasteiger partial charge is 0.377 e. The van der Waals surface area contributed by atoms with Crippen molar-refractivity contribution in [3.05, 3.63) is 11.5 Å². The van der Waals surface area contributed by atoms with Crippen LogP contribution in [0.2, 0.25) is 0 Å². The minimum atomic E-state index is -1.42. The number of rotatable bonds is 16. The Morgan fingerprint density at radius 3 is 1.97 bits per heavy atom. The monoisotopic (exact) mass is 414 g/mol. The van der Waals surface area contributed by atoms with Gasteiger partial charge in [-0.05, 0) is 12.3 Å². The Balaban J connectivity index is 1.94. The molecule has 3 N–H and O–H groups in total. The third kappa shape index (κ3) is 10.5. The molecule has 0 unspecified atom stereocenters. The predicted molar refractivity (Wildman–Crippen MR) is 109 cm³/mol. The van der Waals surface area contributed by atoms with Crippen LogP contribution >= 0.6 is 0 Å². The lowest BCUT2D eigenvalue weighted by molar-refractivity contribution is -0.154. The molecule has 0 fully saturated rings. The van der Waals surface area contributed by atoms with Crippen molar-refractivity contribution in [3.8, 4) is 0 Å². The topological polar surface area (TPSA) is 113 Å². The van der Waals surface area contributed by atoms with Crippen LogP contribution in [0.4, 0.5) is 0 Å². The molecule has 0 radical (unpaired) electrons. The van der Waals surface area contributed by atoms with Gasteiger partial charge < -0.3 is 24.8 Å². The number of ether oxygens (including phenoxy) is 2. The van der Waals surface area contributed by atoms with E-state index in [1.54, 1.807) is 0 Å². The first-order valence-electron chi connectivity index (χ1n) is 11.0. The van der Waals surface area contributed by atoms with E-state index in [1.807, 2.05) is 0 Å². The van der Waals surface area contributed by atoms with Gasteiger partial charge in [0.2, 0.25) is 5.76 Å². The van der Waals surface area contributed by atoms with Crippen molar-refractivity contribution >= 4 is 11.9 Å². The summed E-state index contributed by atoms with van der Waals surface area (Å²) in [4.78, 5) is 22.8. The molecule has 0 spiro atoms. The molecule has 1 aliphatic heterocycles. The molecular formula is C22H38O7. The minimum Gasteiger partial charge on any atom is -0.505 e. The van der Waals surface area contributed by atoms with Crippen LogP contribution < -0.4 is 0 Å². The highest BCUT2D eigenvalue weighted by Crippen LogP contribution is 2.21. The molecule has 7 heteroatoms. The molecule has 1 rings (SSSR count). The molecule has 29 heavy (non-hydrogen) atoms. The van der Waals surface area contributed by atoms with Crippen molar-refractivity contribution < 1.29 is 34.4 Å². The molecule has 2 atom stereocenters. The minimum absolute atomic E-state index is 0.264. The highest BCUT2D eigenvalue weighted by Gasteiger charge is 2.39. The highest BCUT2D eigenvalue weighted by atomic mass is 16.6. The lowest BCUT2D eigenvalue weighted by atomic mass is 10.0. The van der Waals surface area contributed by atoms with Gasteiger partial charge >= 0.3 is 11.9 Å². The standard InChI is InChI=1S/C22H38O7/c1-16(2)13-11-9-7-5-3-4-6-8-10-12-14-18(24)28-15-17(23)21-19(25)20(26)22(27)29-21/h16-17,21,23,25-26H,3-15H2,1-2H3/t17-,21+/m0/s1. The van der Waals surface area contributed by atoms with E-state index >= 15 is 0 Å². The van der Waals surface area contributed by atoms with E-state index in [4.69, 9.17) is 4.74 Å². The Kier molecular flexibility index (Phi) is 12.4. The Morgan fingerprint density at radius 1 is 0.966 bits per heavy atom. The van der Waals surface area contributed by atoms with Gasteiger partial charge in [-0.25, -0.2) is 4.79 Å². The first kappa shape index (κ1) is 25.3. The molecule has 168 valence electrons. The molecule has 0 aromatic rings. The van der Waals surface area contributed by atoms with Crippen LogP contribution in [0.5, 0.6) is 0 Å². The molecule has 0 saturated heterocycles. The molecular weight excluding hydrogens is 376 g/mol. The summed E-state index contributed by atoms with van der Waals surface area (Å²) in [7, 11) is 0. The number of aliphatic hydroxyl groups is 3. The zero-order chi connectivity index (χ0) is 21.6. The summed E-state index contributed by atoms with van der Waals surface area (Å²) >= 11 is 0. The predicted octanol–water partition coefficient (Wildman–Crippen LogP) is 4.48. The van der Waals surface area contributed by atoms with Gasteiger partial charge in [-0.3, -0.25) is 4.79 Å². The largest absolute Gasteiger partial charge is 0.505 e. The van der Waals surface area contributed by atoms with Crippen molar-refractivity contribution in [3.63, 3.8) is 0 Å². The number of unbranched alkanes of at least 4 members (excludes halogenated alkanes) is 9. The maximum absolute atomic E-state index is 11.7. The molecule has 0 aromatic heterocycles. The second kappa shape index (κ2) is 14.3. The van der Waals surface area contributed by atoms with Crippen molar-refractivity contribution in [2.24, 2.45) is 5.92 Å². The highest BCUT2D eigenvalue weighted by molar-refractivity contribution is 5.89. The van der Waals surface area contributed by atoms with Gasteiger partial charge in [-0.2, -0.15) is 0 Å². The lowest BCUT2D eigenvalue weighted by Crippen LogP contribution is -2.33. The van der Waals surface area contributed by atoms with Gasteiger partial charge in [0.1, 0.15) is 12.7 Å². The van der Waals surface area contributed by atoms with Gasteiger partial charge in [0.05, 0.1) is 0 Å². The third-order valence-electron chi connectivity index (χ3n) is 5.12. The van der Waals surface area contributed by atoms with Crippen LogP contribution in [0.25, 0.3) is 0 Å². The molecule has 0 amide bonds. The van der Waals surface area contributed by atoms with E-state index in [2.05, 4.69) is 18.6 Å². The normalized spacial score (nSPS) is 17.7. The van der Waals surface area contributed by atoms with Gasteiger partial charge in [0.15, 0.2) is 11.9 Å². The summed E-state index contributed by atoms with van der Waals surface area (Å²) in [6.07, 6.45) is 10.6. The quantitative estimate of drug-likeness (QED) is 0.252. The Morgan fingerprint density at radius 2 is 1.48 bits per heavy atom. The van der Waals surface area contributed by atoms with Gasteiger partial charge in [0.25, 0.3) is 0 Å². The SMILES string of the molecule is CC(C)CCCCCCCCCCCCC(=O)OC[C@H](O)[C@H]1OC(=O)C(O)=C1O. The van der Waals surface area contributed by atoms with Crippen molar-refractivity contribution in [1.29, 1.82) is 0 Å². The van der Waals surface area contributed by atoms with Crippen LogP contribution in [0.15, 0.2) is 11.5 Å². The maximum atomic E-state index is 11.7. The second-order valence-corrected chi connectivity index (χ2v) is 8.28. The number of hydrogen-bond donors (Lipinski definition) is 3. The lowest BCUT2D eigenvalue weighted by Gasteiger charge is -2.17. The van der Waals surface area contributed by atoms with Gasteiger partial charge in [-0.15, -0.1) is 0 Å². The second-order valence-electron chi connectivity index (χ2n) is 8.28. The first-order valence-corrected chi connectivity index (χ1v) is 11.0. The Hall–Kier alpha value is -1.76. The van der Waals surface area contributed by atoms with Crippen LogP contribution in [0, 0.1) is 5.92 Å². The molecule has 7 nitrogen and oxygen atoms in total. The van der Waals surface area contributed by atoms with Crippen molar-refractivity contribution in [2.75, 3.05) is 6.61 Å². The van der Waals surface area contributed by atoms with Crippen molar-refractivity contribution in [1.82, 2.24) is 0 Å². The summed E-state index contributed by atoms with van der Waals surface area (Å²) in [6.45, 7) is 4.13. The van der Waals surface area contributed by atoms with Crippen LogP contribution in [0.3, 0.4) is 0 Å². The number of hydrogen-bond acceptors (Lipinski definition) is 7. The average Bonchev–Trinajstić information content (AvgIpc) is 2.94. The number of aliphatic hydroxyl groups excluding tert-OH is 3. The van der Waals surface area contributed by atoms with Gasteiger partial charge in [-0.1, -0.05) is 78.1 Å². The summed E-state index contributed by atoms with van der Waals surface area (Å²) in [5.41, 5.74) is 0. The molecule has 1 aliphatic rings. The summed E-state index contributed by atoms with van der Waals surface area (Å²) < 4.78 is 9.55. The molecule has 0 aliphatic carbocycles. The zero-order valence-corrected chi connectivity index (χ0v) is 17.9. The zero-order valence-electron chi connectivity index (χ0n) is 17.9. The van der Waals surface area contributed by atoms with E-state index in [0.29, 0.717) is 0 Å². The first-order chi connectivity index (χ1) is 13.8. The fourth-order valence-electron chi connectivity index (χ4n) is 3.30. The van der Waals surface area contributed by atoms with E-state index in [9.17, 15) is 24.9 Å². The summed E-state index contributed by atoms with van der Waals surface area (Å²) in [5.74, 6) is -2.41. The van der Waals surface area contributed by atoms with Gasteiger partial charge in [0, 0.05) is 6.42 Å². The summed E-state index contributed by atoms with van der Waals surface area (Å²) in [6, 6.07) is 0. The number of esters is 2. The van der Waals surface area contributed by atoms with Crippen LogP contribution in [0.1, 0.15) is 90.9 Å². The average molecular weight is 415 g/mol. The van der Waals surface area contributed by atoms with E-state index in [-0.39, 0.29) is 6.42 Å². The Labute approximate surface area is 174 Å². The van der Waals surface area contributed by atoms with Crippen molar-refractivity contribution in [2.45, 2.75) is 103 Å². The molecule has 0 bridgehead atoms. The summed E-state index contributed by atoms with van der Waals surface area (Å²) in [5, 5.41) is 28.5. The fraction of sp³-hybridized carbons (Fsp3) is 0.818. The van der Waals surface area contributed by atoms with E-state index < -0.39 is 42.3 Å². The maximum Gasteiger partial charge on any atom is 0.377 e. The number of carbonyl (C=O) groups excluding carboxylic acids is 2. The van der Waals surface area contributed by atoms with E-state index in [0.717, 1.165) is 25.2 Å².